The third-order valence-electron chi connectivity index (χ3n) is 4.52. The predicted octanol–water partition coefficient (Wildman–Crippen LogP) is 4.79. The van der Waals surface area contributed by atoms with E-state index >= 15 is 0 Å². The van der Waals surface area contributed by atoms with Crippen molar-refractivity contribution in [3.63, 3.8) is 0 Å². The molecule has 3 rings (SSSR count). The molecule has 0 saturated carbocycles. The van der Waals surface area contributed by atoms with E-state index in [1.54, 1.807) is 36.5 Å². The standard InChI is InChI=1S/C23H23N3O3/c1-14-11-15(2)21(16(3)12-14)26-22(27)20-13-17(9-10-24-20)25-19-8-6-5-7-18(19)23(28)29-4/h5-13H,1-4H3,(H,24,25)(H,26,27). The monoisotopic (exact) mass is 389 g/mol. The summed E-state index contributed by atoms with van der Waals surface area (Å²) in [6.45, 7) is 5.95. The van der Waals surface area contributed by atoms with Gasteiger partial charge in [-0.25, -0.2) is 4.79 Å². The maximum absolute atomic E-state index is 12.8. The number of pyridine rings is 1. The highest BCUT2D eigenvalue weighted by Gasteiger charge is 2.14. The van der Waals surface area contributed by atoms with Crippen molar-refractivity contribution < 1.29 is 14.3 Å². The predicted molar refractivity (Wildman–Crippen MR) is 114 cm³/mol. The fourth-order valence-electron chi connectivity index (χ4n) is 3.22. The number of esters is 1. The van der Waals surface area contributed by atoms with Gasteiger partial charge in [-0.1, -0.05) is 29.8 Å². The molecule has 2 aromatic carbocycles. The average Bonchev–Trinajstić information content (AvgIpc) is 2.70. The molecule has 0 saturated heterocycles. The summed E-state index contributed by atoms with van der Waals surface area (Å²) in [6, 6.07) is 14.4. The zero-order valence-electron chi connectivity index (χ0n) is 16.9. The Balaban J connectivity index is 1.84. The topological polar surface area (TPSA) is 80.3 Å². The minimum Gasteiger partial charge on any atom is -0.465 e. The molecule has 1 heterocycles. The first-order valence-corrected chi connectivity index (χ1v) is 9.18. The van der Waals surface area contributed by atoms with Gasteiger partial charge in [0.15, 0.2) is 0 Å². The minimum atomic E-state index is -0.439. The van der Waals surface area contributed by atoms with Gasteiger partial charge in [-0.3, -0.25) is 9.78 Å². The van der Waals surface area contributed by atoms with Crippen LogP contribution in [0, 0.1) is 20.8 Å². The SMILES string of the molecule is COC(=O)c1ccccc1Nc1ccnc(C(=O)Nc2c(C)cc(C)cc2C)c1. The highest BCUT2D eigenvalue weighted by Crippen LogP contribution is 2.24. The number of hydrogen-bond acceptors (Lipinski definition) is 5. The summed E-state index contributed by atoms with van der Waals surface area (Å²) in [5.74, 6) is -0.740. The molecule has 1 aromatic heterocycles. The summed E-state index contributed by atoms with van der Waals surface area (Å²) < 4.78 is 4.82. The van der Waals surface area contributed by atoms with Crippen molar-refractivity contribution in [1.82, 2.24) is 4.98 Å². The molecule has 2 N–H and O–H groups in total. The molecule has 6 nitrogen and oxygen atoms in total. The summed E-state index contributed by atoms with van der Waals surface area (Å²) in [6.07, 6.45) is 1.55. The van der Waals surface area contributed by atoms with Gasteiger partial charge in [0.1, 0.15) is 5.69 Å². The van der Waals surface area contributed by atoms with Gasteiger partial charge in [0, 0.05) is 17.6 Å². The summed E-state index contributed by atoms with van der Waals surface area (Å²) in [5.41, 5.74) is 5.83. The molecule has 0 radical (unpaired) electrons. The number of aryl methyl sites for hydroxylation is 3. The lowest BCUT2D eigenvalue weighted by molar-refractivity contribution is 0.0601. The van der Waals surface area contributed by atoms with Crippen molar-refractivity contribution in [2.75, 3.05) is 17.7 Å². The number of amides is 1. The Labute approximate surface area is 169 Å². The molecular formula is C23H23N3O3. The molecule has 29 heavy (non-hydrogen) atoms. The van der Waals surface area contributed by atoms with Gasteiger partial charge in [0.25, 0.3) is 5.91 Å². The third-order valence-corrected chi connectivity index (χ3v) is 4.52. The van der Waals surface area contributed by atoms with Crippen molar-refractivity contribution in [2.45, 2.75) is 20.8 Å². The number of carbonyl (C=O) groups is 2. The second-order valence-corrected chi connectivity index (χ2v) is 6.82. The lowest BCUT2D eigenvalue weighted by atomic mass is 10.0. The first kappa shape index (κ1) is 20.1. The summed E-state index contributed by atoms with van der Waals surface area (Å²) in [4.78, 5) is 28.9. The molecule has 0 fully saturated rings. The van der Waals surface area contributed by atoms with Gasteiger partial charge < -0.3 is 15.4 Å². The fourth-order valence-corrected chi connectivity index (χ4v) is 3.22. The quantitative estimate of drug-likeness (QED) is 0.613. The lowest BCUT2D eigenvalue weighted by Crippen LogP contribution is -2.15. The summed E-state index contributed by atoms with van der Waals surface area (Å²) in [7, 11) is 1.34. The number of aromatic nitrogens is 1. The molecular weight excluding hydrogens is 366 g/mol. The number of hydrogen-bond donors (Lipinski definition) is 2. The van der Waals surface area contributed by atoms with Crippen molar-refractivity contribution in [1.29, 1.82) is 0 Å². The molecule has 0 bridgehead atoms. The van der Waals surface area contributed by atoms with Crippen LogP contribution in [0.4, 0.5) is 17.1 Å². The maximum Gasteiger partial charge on any atom is 0.339 e. The van der Waals surface area contributed by atoms with E-state index in [4.69, 9.17) is 4.74 Å². The molecule has 0 spiro atoms. The zero-order valence-corrected chi connectivity index (χ0v) is 16.9. The third kappa shape index (κ3) is 4.60. The van der Waals surface area contributed by atoms with Crippen LogP contribution >= 0.6 is 0 Å². The highest BCUT2D eigenvalue weighted by molar-refractivity contribution is 6.04. The van der Waals surface area contributed by atoms with Crippen molar-refractivity contribution in [3.8, 4) is 0 Å². The number of rotatable bonds is 5. The van der Waals surface area contributed by atoms with Gasteiger partial charge in [0.05, 0.1) is 18.4 Å². The number of carbonyl (C=O) groups excluding carboxylic acids is 2. The molecule has 6 heteroatoms. The minimum absolute atomic E-state index is 0.268. The summed E-state index contributed by atoms with van der Waals surface area (Å²) >= 11 is 0. The molecule has 0 aliphatic heterocycles. The maximum atomic E-state index is 12.8. The van der Waals surface area contributed by atoms with E-state index in [0.717, 1.165) is 22.4 Å². The number of para-hydroxylation sites is 1. The van der Waals surface area contributed by atoms with Gasteiger partial charge in [-0.05, 0) is 56.2 Å². The molecule has 3 aromatic rings. The van der Waals surface area contributed by atoms with Gasteiger partial charge in [-0.15, -0.1) is 0 Å². The Morgan fingerprint density at radius 1 is 0.966 bits per heavy atom. The normalized spacial score (nSPS) is 10.3. The van der Waals surface area contributed by atoms with E-state index in [1.807, 2.05) is 39.0 Å². The number of nitrogens with one attached hydrogen (secondary N) is 2. The van der Waals surface area contributed by atoms with Crippen LogP contribution in [0.15, 0.2) is 54.7 Å². The van der Waals surface area contributed by atoms with Crippen LogP contribution in [-0.2, 0) is 4.74 Å². The van der Waals surface area contributed by atoms with Crippen molar-refractivity contribution in [3.05, 3.63) is 82.7 Å². The number of benzene rings is 2. The Morgan fingerprint density at radius 2 is 1.66 bits per heavy atom. The van der Waals surface area contributed by atoms with E-state index in [2.05, 4.69) is 15.6 Å². The van der Waals surface area contributed by atoms with Crippen LogP contribution in [0.3, 0.4) is 0 Å². The lowest BCUT2D eigenvalue weighted by Gasteiger charge is -2.14. The molecule has 148 valence electrons. The molecule has 0 aliphatic carbocycles. The molecule has 1 amide bonds. The molecule has 0 aliphatic rings. The van der Waals surface area contributed by atoms with Crippen molar-refractivity contribution >= 4 is 28.9 Å². The smallest absolute Gasteiger partial charge is 0.339 e. The number of anilines is 3. The first-order valence-electron chi connectivity index (χ1n) is 9.18. The van der Waals surface area contributed by atoms with E-state index in [-0.39, 0.29) is 11.6 Å². The number of methoxy groups -OCH3 is 1. The second-order valence-electron chi connectivity index (χ2n) is 6.82. The van der Waals surface area contributed by atoms with E-state index in [9.17, 15) is 9.59 Å². The fraction of sp³-hybridized carbons (Fsp3) is 0.174. The highest BCUT2D eigenvalue weighted by atomic mass is 16.5. The van der Waals surface area contributed by atoms with Gasteiger partial charge in [0.2, 0.25) is 0 Å². The van der Waals surface area contributed by atoms with Crippen LogP contribution in [0.2, 0.25) is 0 Å². The van der Waals surface area contributed by atoms with E-state index in [0.29, 0.717) is 16.9 Å². The average molecular weight is 389 g/mol. The Kier molecular flexibility index (Phi) is 5.93. The zero-order chi connectivity index (χ0) is 21.0. The van der Waals surface area contributed by atoms with Crippen LogP contribution in [-0.4, -0.2) is 24.0 Å². The first-order chi connectivity index (χ1) is 13.9. The van der Waals surface area contributed by atoms with Crippen LogP contribution in [0.5, 0.6) is 0 Å². The van der Waals surface area contributed by atoms with E-state index < -0.39 is 5.97 Å². The van der Waals surface area contributed by atoms with Crippen LogP contribution in [0.25, 0.3) is 0 Å². The van der Waals surface area contributed by atoms with Crippen LogP contribution in [0.1, 0.15) is 37.5 Å². The Morgan fingerprint density at radius 3 is 2.34 bits per heavy atom. The largest absolute Gasteiger partial charge is 0.465 e. The Bertz CT molecular complexity index is 1050. The molecule has 0 unspecified atom stereocenters. The second kappa shape index (κ2) is 8.56. The summed E-state index contributed by atoms with van der Waals surface area (Å²) in [5, 5.41) is 6.10. The van der Waals surface area contributed by atoms with Crippen LogP contribution < -0.4 is 10.6 Å². The molecule has 0 atom stereocenters. The van der Waals surface area contributed by atoms with Crippen molar-refractivity contribution in [2.24, 2.45) is 0 Å². The number of nitrogens with zero attached hydrogens (tertiary/aromatic N) is 1. The van der Waals surface area contributed by atoms with E-state index in [1.165, 1.54) is 7.11 Å². The Hall–Kier alpha value is -3.67. The van der Waals surface area contributed by atoms with Gasteiger partial charge >= 0.3 is 5.97 Å². The van der Waals surface area contributed by atoms with Gasteiger partial charge in [-0.2, -0.15) is 0 Å². The number of ether oxygens (including phenoxy) is 1.